The Morgan fingerprint density at radius 1 is 0.967 bits per heavy atom. The zero-order valence-corrected chi connectivity index (χ0v) is 18.0. The highest BCUT2D eigenvalue weighted by atomic mass is 79.9. The summed E-state index contributed by atoms with van der Waals surface area (Å²) in [5.74, 6) is -0.0738. The van der Waals surface area contributed by atoms with Gasteiger partial charge in [-0.3, -0.25) is 9.36 Å². The highest BCUT2D eigenvalue weighted by Gasteiger charge is 2.19. The summed E-state index contributed by atoms with van der Waals surface area (Å²) >= 11 is 4.80. The van der Waals surface area contributed by atoms with Crippen molar-refractivity contribution >= 4 is 39.3 Å². The predicted octanol–water partition coefficient (Wildman–Crippen LogP) is 5.57. The molecule has 0 unspecified atom stereocenters. The Balaban J connectivity index is 1.61. The van der Waals surface area contributed by atoms with Crippen molar-refractivity contribution in [1.82, 2.24) is 14.8 Å². The van der Waals surface area contributed by atoms with E-state index in [0.717, 1.165) is 15.7 Å². The summed E-state index contributed by atoms with van der Waals surface area (Å²) in [5, 5.41) is 11.8. The van der Waals surface area contributed by atoms with Gasteiger partial charge < -0.3 is 5.32 Å². The molecule has 0 aliphatic carbocycles. The number of anilines is 1. The minimum Gasteiger partial charge on any atom is -0.323 e. The number of hydrogen-bond acceptors (Lipinski definition) is 4. The van der Waals surface area contributed by atoms with Crippen LogP contribution in [0.5, 0.6) is 0 Å². The molecule has 1 aromatic heterocycles. The molecule has 8 heteroatoms. The van der Waals surface area contributed by atoms with Gasteiger partial charge in [-0.2, -0.15) is 0 Å². The van der Waals surface area contributed by atoms with Crippen LogP contribution >= 0.6 is 27.7 Å². The van der Waals surface area contributed by atoms with Crippen LogP contribution in [0, 0.1) is 5.82 Å². The minimum absolute atomic E-state index is 0.0647. The van der Waals surface area contributed by atoms with Crippen LogP contribution in [0.4, 0.5) is 10.1 Å². The minimum atomic E-state index is -0.473. The van der Waals surface area contributed by atoms with E-state index in [2.05, 4.69) is 31.4 Å². The molecule has 1 amide bonds. The molecule has 150 valence electrons. The second-order valence-corrected chi connectivity index (χ2v) is 8.07. The third kappa shape index (κ3) is 4.44. The third-order valence-electron chi connectivity index (χ3n) is 4.24. The standard InChI is InChI=1S/C22H16BrFN4OS/c23-17-11-5-4-10-16(17)21-26-27-22(28(21)15-8-2-1-3-9-15)30-14-20(29)25-19-13-7-6-12-18(19)24/h1-13H,14H2,(H,25,29). The van der Waals surface area contributed by atoms with Crippen molar-refractivity contribution in [3.05, 3.63) is 89.2 Å². The fourth-order valence-electron chi connectivity index (χ4n) is 2.87. The summed E-state index contributed by atoms with van der Waals surface area (Å²) in [6.45, 7) is 0. The maximum absolute atomic E-state index is 13.8. The third-order valence-corrected chi connectivity index (χ3v) is 5.86. The Hall–Kier alpha value is -2.97. The summed E-state index contributed by atoms with van der Waals surface area (Å²) in [5.41, 5.74) is 1.92. The van der Waals surface area contributed by atoms with Crippen molar-refractivity contribution in [1.29, 1.82) is 0 Å². The van der Waals surface area contributed by atoms with E-state index in [0.29, 0.717) is 11.0 Å². The van der Waals surface area contributed by atoms with Gasteiger partial charge >= 0.3 is 0 Å². The van der Waals surface area contributed by atoms with Crippen molar-refractivity contribution in [3.63, 3.8) is 0 Å². The molecule has 0 aliphatic heterocycles. The Labute approximate surface area is 185 Å². The van der Waals surface area contributed by atoms with Crippen molar-refractivity contribution in [2.75, 3.05) is 11.1 Å². The number of carbonyl (C=O) groups is 1. The molecular formula is C22H16BrFN4OS. The first kappa shape index (κ1) is 20.3. The first-order valence-corrected chi connectivity index (χ1v) is 10.8. The van der Waals surface area contributed by atoms with E-state index in [1.807, 2.05) is 59.2 Å². The van der Waals surface area contributed by atoms with Crippen LogP contribution in [-0.2, 0) is 4.79 Å². The van der Waals surface area contributed by atoms with E-state index >= 15 is 0 Å². The van der Waals surface area contributed by atoms with Gasteiger partial charge in [-0.05, 0) is 30.3 Å². The summed E-state index contributed by atoms with van der Waals surface area (Å²) in [7, 11) is 0. The zero-order chi connectivity index (χ0) is 20.9. The predicted molar refractivity (Wildman–Crippen MR) is 120 cm³/mol. The van der Waals surface area contributed by atoms with E-state index < -0.39 is 5.82 Å². The SMILES string of the molecule is O=C(CSc1nnc(-c2ccccc2Br)n1-c1ccccc1)Nc1ccccc1F. The number of aromatic nitrogens is 3. The number of halogens is 2. The molecule has 1 N–H and O–H groups in total. The number of nitrogens with zero attached hydrogens (tertiary/aromatic N) is 3. The number of amides is 1. The van der Waals surface area contributed by atoms with Gasteiger partial charge in [-0.1, -0.05) is 76.2 Å². The maximum Gasteiger partial charge on any atom is 0.234 e. The lowest BCUT2D eigenvalue weighted by Gasteiger charge is -2.11. The van der Waals surface area contributed by atoms with Crippen LogP contribution < -0.4 is 5.32 Å². The van der Waals surface area contributed by atoms with Gasteiger partial charge in [-0.25, -0.2) is 4.39 Å². The number of nitrogens with one attached hydrogen (secondary N) is 1. The zero-order valence-electron chi connectivity index (χ0n) is 15.6. The second kappa shape index (κ2) is 9.23. The van der Waals surface area contributed by atoms with Crippen LogP contribution in [0.25, 0.3) is 17.1 Å². The first-order chi connectivity index (χ1) is 14.6. The highest BCUT2D eigenvalue weighted by Crippen LogP contribution is 2.32. The monoisotopic (exact) mass is 482 g/mol. The molecule has 0 fully saturated rings. The van der Waals surface area contributed by atoms with Crippen molar-refractivity contribution < 1.29 is 9.18 Å². The second-order valence-electron chi connectivity index (χ2n) is 6.27. The Morgan fingerprint density at radius 2 is 1.67 bits per heavy atom. The molecule has 1 heterocycles. The molecule has 4 aromatic rings. The number of rotatable bonds is 6. The maximum atomic E-state index is 13.8. The van der Waals surface area contributed by atoms with Gasteiger partial charge in [0.1, 0.15) is 5.82 Å². The van der Waals surface area contributed by atoms with Gasteiger partial charge in [0.2, 0.25) is 5.91 Å². The van der Waals surface area contributed by atoms with Crippen LogP contribution in [-0.4, -0.2) is 26.4 Å². The van der Waals surface area contributed by atoms with E-state index in [4.69, 9.17) is 0 Å². The normalized spacial score (nSPS) is 10.7. The summed E-state index contributed by atoms with van der Waals surface area (Å²) in [6, 6.07) is 23.5. The molecule has 3 aromatic carbocycles. The average Bonchev–Trinajstić information content (AvgIpc) is 3.18. The fraction of sp³-hybridized carbons (Fsp3) is 0.0455. The molecule has 4 rings (SSSR count). The number of hydrogen-bond donors (Lipinski definition) is 1. The lowest BCUT2D eigenvalue weighted by Crippen LogP contribution is -2.15. The van der Waals surface area contributed by atoms with E-state index in [-0.39, 0.29) is 17.3 Å². The number of thioether (sulfide) groups is 1. The van der Waals surface area contributed by atoms with Gasteiger partial charge in [0.15, 0.2) is 11.0 Å². The molecule has 0 atom stereocenters. The smallest absolute Gasteiger partial charge is 0.234 e. The summed E-state index contributed by atoms with van der Waals surface area (Å²) in [6.07, 6.45) is 0. The quantitative estimate of drug-likeness (QED) is 0.365. The Morgan fingerprint density at radius 3 is 2.43 bits per heavy atom. The molecule has 5 nitrogen and oxygen atoms in total. The largest absolute Gasteiger partial charge is 0.323 e. The molecule has 30 heavy (non-hydrogen) atoms. The van der Waals surface area contributed by atoms with Crippen LogP contribution in [0.2, 0.25) is 0 Å². The summed E-state index contributed by atoms with van der Waals surface area (Å²) in [4.78, 5) is 12.4. The molecule has 0 bridgehead atoms. The fourth-order valence-corrected chi connectivity index (χ4v) is 4.08. The van der Waals surface area contributed by atoms with Crippen molar-refractivity contribution in [3.8, 4) is 17.1 Å². The molecule has 0 radical (unpaired) electrons. The molecule has 0 saturated carbocycles. The lowest BCUT2D eigenvalue weighted by molar-refractivity contribution is -0.113. The van der Waals surface area contributed by atoms with Crippen LogP contribution in [0.3, 0.4) is 0 Å². The van der Waals surface area contributed by atoms with Crippen LogP contribution in [0.15, 0.2) is 88.5 Å². The van der Waals surface area contributed by atoms with E-state index in [1.165, 1.54) is 23.9 Å². The van der Waals surface area contributed by atoms with E-state index in [9.17, 15) is 9.18 Å². The Bertz CT molecular complexity index is 1180. The van der Waals surface area contributed by atoms with Gasteiger partial charge in [0, 0.05) is 15.7 Å². The molecular weight excluding hydrogens is 467 g/mol. The van der Waals surface area contributed by atoms with Crippen molar-refractivity contribution in [2.24, 2.45) is 0 Å². The van der Waals surface area contributed by atoms with Crippen LogP contribution in [0.1, 0.15) is 0 Å². The molecule has 0 saturated heterocycles. The summed E-state index contributed by atoms with van der Waals surface area (Å²) < 4.78 is 16.6. The average molecular weight is 483 g/mol. The number of carbonyl (C=O) groups excluding carboxylic acids is 1. The van der Waals surface area contributed by atoms with Crippen molar-refractivity contribution in [2.45, 2.75) is 5.16 Å². The first-order valence-electron chi connectivity index (χ1n) is 9.06. The van der Waals surface area contributed by atoms with Gasteiger partial charge in [0.05, 0.1) is 11.4 Å². The lowest BCUT2D eigenvalue weighted by atomic mass is 10.2. The Kier molecular flexibility index (Phi) is 6.25. The topological polar surface area (TPSA) is 59.8 Å². The molecule has 0 aliphatic rings. The number of para-hydroxylation sites is 2. The number of benzene rings is 3. The highest BCUT2D eigenvalue weighted by molar-refractivity contribution is 9.10. The van der Waals surface area contributed by atoms with Gasteiger partial charge in [-0.15, -0.1) is 10.2 Å². The van der Waals surface area contributed by atoms with Gasteiger partial charge in [0.25, 0.3) is 0 Å². The van der Waals surface area contributed by atoms with E-state index in [1.54, 1.807) is 12.1 Å². The molecule has 0 spiro atoms.